The summed E-state index contributed by atoms with van der Waals surface area (Å²) in [6.07, 6.45) is 1.24. The summed E-state index contributed by atoms with van der Waals surface area (Å²) >= 11 is 0. The summed E-state index contributed by atoms with van der Waals surface area (Å²) in [7, 11) is 1.58. The molecule has 0 aromatic rings. The zero-order chi connectivity index (χ0) is 13.1. The highest BCUT2D eigenvalue weighted by Crippen LogP contribution is 2.45. The van der Waals surface area contributed by atoms with Gasteiger partial charge in [-0.05, 0) is 25.7 Å². The van der Waals surface area contributed by atoms with E-state index in [1.807, 2.05) is 13.8 Å². The first-order valence-corrected chi connectivity index (χ1v) is 5.74. The van der Waals surface area contributed by atoms with Gasteiger partial charge in [-0.15, -0.1) is 0 Å². The molecular formula is C11H21N3O3. The summed E-state index contributed by atoms with van der Waals surface area (Å²) in [5, 5.41) is 14.6. The van der Waals surface area contributed by atoms with Crippen LogP contribution in [0, 0.1) is 11.3 Å². The van der Waals surface area contributed by atoms with Gasteiger partial charge in [0.2, 0.25) is 5.91 Å². The molecule has 1 atom stereocenters. The van der Waals surface area contributed by atoms with E-state index in [4.69, 9.17) is 15.7 Å². The molecule has 1 unspecified atom stereocenters. The summed E-state index contributed by atoms with van der Waals surface area (Å²) in [5.41, 5.74) is 4.80. The maximum atomic E-state index is 12.1. The van der Waals surface area contributed by atoms with Crippen molar-refractivity contribution in [3.63, 3.8) is 0 Å². The zero-order valence-electron chi connectivity index (χ0n) is 10.6. The molecule has 98 valence electrons. The van der Waals surface area contributed by atoms with Crippen LogP contribution >= 0.6 is 0 Å². The molecule has 4 N–H and O–H groups in total. The minimum absolute atomic E-state index is 0.00211. The maximum Gasteiger partial charge on any atom is 0.234 e. The number of carbonyl (C=O) groups is 1. The highest BCUT2D eigenvalue weighted by atomic mass is 16.5. The Morgan fingerprint density at radius 2 is 2.29 bits per heavy atom. The highest BCUT2D eigenvalue weighted by Gasteiger charge is 2.52. The monoisotopic (exact) mass is 243 g/mol. The van der Waals surface area contributed by atoms with E-state index in [-0.39, 0.29) is 17.8 Å². The van der Waals surface area contributed by atoms with Gasteiger partial charge in [0.1, 0.15) is 5.41 Å². The second-order valence-corrected chi connectivity index (χ2v) is 4.91. The van der Waals surface area contributed by atoms with Crippen molar-refractivity contribution < 1.29 is 14.7 Å². The number of methoxy groups -OCH3 is 1. The van der Waals surface area contributed by atoms with E-state index in [1.165, 1.54) is 0 Å². The Morgan fingerprint density at radius 3 is 2.71 bits per heavy atom. The normalized spacial score (nSPS) is 30.5. The molecular weight excluding hydrogens is 222 g/mol. The number of amidine groups is 1. The molecule has 0 bridgehead atoms. The molecule has 1 amide bonds. The first-order chi connectivity index (χ1) is 7.96. The number of carbonyl (C=O) groups excluding carboxylic acids is 1. The number of hydrogen-bond acceptors (Lipinski definition) is 4. The van der Waals surface area contributed by atoms with Gasteiger partial charge in [0.05, 0.1) is 6.61 Å². The highest BCUT2D eigenvalue weighted by molar-refractivity contribution is 6.07. The summed E-state index contributed by atoms with van der Waals surface area (Å²) in [6, 6.07) is -0.0910. The molecule has 1 rings (SSSR count). The van der Waals surface area contributed by atoms with Gasteiger partial charge in [-0.1, -0.05) is 12.1 Å². The Bertz CT molecular complexity index is 311. The molecule has 1 aliphatic carbocycles. The van der Waals surface area contributed by atoms with Crippen molar-refractivity contribution in [1.82, 2.24) is 5.32 Å². The van der Waals surface area contributed by atoms with Crippen LogP contribution in [0.2, 0.25) is 0 Å². The minimum atomic E-state index is -0.837. The van der Waals surface area contributed by atoms with Crippen molar-refractivity contribution in [3.8, 4) is 0 Å². The van der Waals surface area contributed by atoms with E-state index in [9.17, 15) is 4.79 Å². The second-order valence-electron chi connectivity index (χ2n) is 4.91. The lowest BCUT2D eigenvalue weighted by Crippen LogP contribution is -2.58. The fourth-order valence-electron chi connectivity index (χ4n) is 2.39. The molecule has 0 aromatic heterocycles. The molecule has 6 nitrogen and oxygen atoms in total. The van der Waals surface area contributed by atoms with Gasteiger partial charge in [-0.25, -0.2) is 0 Å². The topological polar surface area (TPSA) is 96.9 Å². The van der Waals surface area contributed by atoms with Crippen LogP contribution in [0.1, 0.15) is 26.7 Å². The van der Waals surface area contributed by atoms with Crippen molar-refractivity contribution in [1.29, 1.82) is 0 Å². The van der Waals surface area contributed by atoms with Crippen molar-refractivity contribution in [2.24, 2.45) is 22.2 Å². The van der Waals surface area contributed by atoms with Gasteiger partial charge in [0.15, 0.2) is 5.84 Å². The van der Waals surface area contributed by atoms with Crippen LogP contribution < -0.4 is 11.1 Å². The molecule has 0 spiro atoms. The van der Waals surface area contributed by atoms with Gasteiger partial charge < -0.3 is 21.0 Å². The van der Waals surface area contributed by atoms with Crippen molar-refractivity contribution in [3.05, 3.63) is 0 Å². The molecule has 0 radical (unpaired) electrons. The molecule has 0 saturated heterocycles. The summed E-state index contributed by atoms with van der Waals surface area (Å²) < 4.78 is 4.95. The number of nitrogens with zero attached hydrogens (tertiary/aromatic N) is 1. The van der Waals surface area contributed by atoms with Crippen molar-refractivity contribution >= 4 is 11.7 Å². The Hall–Kier alpha value is -1.30. The minimum Gasteiger partial charge on any atom is -0.409 e. The smallest absolute Gasteiger partial charge is 0.234 e. The number of rotatable bonds is 5. The maximum absolute atomic E-state index is 12.1. The van der Waals surface area contributed by atoms with Gasteiger partial charge >= 0.3 is 0 Å². The third-order valence-electron chi connectivity index (χ3n) is 3.22. The summed E-state index contributed by atoms with van der Waals surface area (Å²) in [6.45, 7) is 4.33. The first-order valence-electron chi connectivity index (χ1n) is 5.74. The van der Waals surface area contributed by atoms with E-state index < -0.39 is 5.41 Å². The third kappa shape index (κ3) is 2.69. The molecule has 0 aromatic carbocycles. The lowest BCUT2D eigenvalue weighted by atomic mass is 9.61. The molecule has 1 aliphatic rings. The Labute approximate surface area is 101 Å². The predicted octanol–water partition coefficient (Wildman–Crippen LogP) is 0.300. The van der Waals surface area contributed by atoms with E-state index in [1.54, 1.807) is 7.11 Å². The standard InChI is InChI=1S/C11H21N3O3/c1-7-4-11(5-7,9(12)14-16)10(15)13-8(2)6-17-3/h7-8,16H,4-6H2,1-3H3,(H2,12,14)(H,13,15). The molecule has 0 heterocycles. The van der Waals surface area contributed by atoms with E-state index in [0.717, 1.165) is 0 Å². The number of amides is 1. The largest absolute Gasteiger partial charge is 0.409 e. The van der Waals surface area contributed by atoms with E-state index in [2.05, 4.69) is 10.5 Å². The average Bonchev–Trinajstić information content (AvgIpc) is 2.23. The Balaban J connectivity index is 2.70. The predicted molar refractivity (Wildman–Crippen MR) is 63.7 cm³/mol. The SMILES string of the molecule is COCC(C)NC(=O)C1(C(N)=NO)CC(C)C1. The van der Waals surface area contributed by atoms with Gasteiger partial charge in [-0.3, -0.25) is 4.79 Å². The molecule has 6 heteroatoms. The number of nitrogens with two attached hydrogens (primary N) is 1. The van der Waals surface area contributed by atoms with Crippen molar-refractivity contribution in [2.75, 3.05) is 13.7 Å². The lowest BCUT2D eigenvalue weighted by Gasteiger charge is -2.44. The Morgan fingerprint density at radius 1 is 1.71 bits per heavy atom. The quantitative estimate of drug-likeness (QED) is 0.280. The molecule has 0 aliphatic heterocycles. The molecule has 1 saturated carbocycles. The number of hydrogen-bond donors (Lipinski definition) is 3. The molecule has 1 fully saturated rings. The fraction of sp³-hybridized carbons (Fsp3) is 0.818. The van der Waals surface area contributed by atoms with Gasteiger partial charge in [-0.2, -0.15) is 0 Å². The lowest BCUT2D eigenvalue weighted by molar-refractivity contribution is -0.134. The fourth-order valence-corrected chi connectivity index (χ4v) is 2.39. The Kier molecular flexibility index (Phi) is 4.34. The molecule has 17 heavy (non-hydrogen) atoms. The first kappa shape index (κ1) is 13.8. The summed E-state index contributed by atoms with van der Waals surface area (Å²) in [5.74, 6) is 0.229. The number of oxime groups is 1. The second kappa shape index (κ2) is 5.35. The van der Waals surface area contributed by atoms with E-state index >= 15 is 0 Å². The zero-order valence-corrected chi connectivity index (χ0v) is 10.6. The van der Waals surface area contributed by atoms with Crippen LogP contribution in [0.3, 0.4) is 0 Å². The van der Waals surface area contributed by atoms with Crippen LogP contribution in [0.5, 0.6) is 0 Å². The average molecular weight is 243 g/mol. The van der Waals surface area contributed by atoms with E-state index in [0.29, 0.717) is 25.4 Å². The van der Waals surface area contributed by atoms with Crippen LogP contribution in [0.15, 0.2) is 5.16 Å². The van der Waals surface area contributed by atoms with Crippen LogP contribution in [-0.2, 0) is 9.53 Å². The van der Waals surface area contributed by atoms with Crippen molar-refractivity contribution in [2.45, 2.75) is 32.7 Å². The van der Waals surface area contributed by atoms with Crippen LogP contribution in [0.4, 0.5) is 0 Å². The summed E-state index contributed by atoms with van der Waals surface area (Å²) in [4.78, 5) is 12.1. The van der Waals surface area contributed by atoms with Crippen LogP contribution in [-0.4, -0.2) is 36.7 Å². The van der Waals surface area contributed by atoms with Gasteiger partial charge in [0, 0.05) is 13.2 Å². The van der Waals surface area contributed by atoms with Crippen LogP contribution in [0.25, 0.3) is 0 Å². The third-order valence-corrected chi connectivity index (χ3v) is 3.22. The number of nitrogens with one attached hydrogen (secondary N) is 1. The number of ether oxygens (including phenoxy) is 1. The van der Waals surface area contributed by atoms with Gasteiger partial charge in [0.25, 0.3) is 0 Å².